The molecule has 5 N–H and O–H groups in total. The topological polar surface area (TPSA) is 136 Å². The molecule has 0 spiro atoms. The molecule has 4 rings (SSSR count). The highest BCUT2D eigenvalue weighted by Gasteiger charge is 2.21. The second kappa shape index (κ2) is 17.7. The van der Waals surface area contributed by atoms with Gasteiger partial charge in [0.25, 0.3) is 10.1 Å². The second-order valence-electron chi connectivity index (χ2n) is 11.3. The van der Waals surface area contributed by atoms with E-state index in [4.69, 9.17) is 14.8 Å². The van der Waals surface area contributed by atoms with Gasteiger partial charge in [-0.3, -0.25) is 4.55 Å². The van der Waals surface area contributed by atoms with Crippen molar-refractivity contribution in [2.45, 2.75) is 159 Å². The zero-order valence-electron chi connectivity index (χ0n) is 22.2. The van der Waals surface area contributed by atoms with Crippen LogP contribution < -0.4 is 10.6 Å². The summed E-state index contributed by atoms with van der Waals surface area (Å²) in [5.41, 5.74) is 0. The Balaban J connectivity index is 0.000000193. The molecule has 0 aromatic carbocycles. The monoisotopic (exact) mass is 532 g/mol. The SMILES string of the molecule is C1CCC(NC2CCCCC2)CC1.C1CCC(NC2CCCCC2)CC1.O=C(O)C(O)CS(=O)(=O)O. The molecule has 0 amide bonds. The Morgan fingerprint density at radius 1 is 0.611 bits per heavy atom. The van der Waals surface area contributed by atoms with Gasteiger partial charge < -0.3 is 20.8 Å². The molecule has 212 valence electrons. The first kappa shape index (κ1) is 31.5. The van der Waals surface area contributed by atoms with Gasteiger partial charge in [0.15, 0.2) is 6.10 Å². The molecule has 0 saturated heterocycles. The first-order valence-electron chi connectivity index (χ1n) is 14.6. The van der Waals surface area contributed by atoms with Crippen molar-refractivity contribution in [3.05, 3.63) is 0 Å². The van der Waals surface area contributed by atoms with E-state index in [1.54, 1.807) is 0 Å². The Morgan fingerprint density at radius 2 is 0.861 bits per heavy atom. The van der Waals surface area contributed by atoms with Gasteiger partial charge in [-0.25, -0.2) is 4.79 Å². The molecule has 0 aromatic heterocycles. The van der Waals surface area contributed by atoms with E-state index in [9.17, 15) is 13.2 Å². The number of rotatable bonds is 7. The van der Waals surface area contributed by atoms with Crippen LogP contribution in [0.15, 0.2) is 0 Å². The zero-order chi connectivity index (χ0) is 26.2. The summed E-state index contributed by atoms with van der Waals surface area (Å²) in [4.78, 5) is 9.75. The number of aliphatic hydroxyl groups excluding tert-OH is 1. The van der Waals surface area contributed by atoms with E-state index in [0.29, 0.717) is 0 Å². The number of carboxylic acid groups (broad SMARTS) is 1. The maximum atomic E-state index is 9.88. The molecule has 4 fully saturated rings. The third-order valence-corrected chi connectivity index (χ3v) is 8.75. The normalized spacial score (nSPS) is 24.1. The molecule has 9 heteroatoms. The van der Waals surface area contributed by atoms with Crippen molar-refractivity contribution in [2.24, 2.45) is 0 Å². The summed E-state index contributed by atoms with van der Waals surface area (Å²) in [6.07, 6.45) is 27.1. The summed E-state index contributed by atoms with van der Waals surface area (Å²) in [6.45, 7) is 0. The van der Waals surface area contributed by atoms with Crippen LogP contribution in [0.25, 0.3) is 0 Å². The largest absolute Gasteiger partial charge is 0.479 e. The number of carboxylic acids is 1. The van der Waals surface area contributed by atoms with Gasteiger partial charge in [0.05, 0.1) is 0 Å². The lowest BCUT2D eigenvalue weighted by Gasteiger charge is -2.30. The average molecular weight is 533 g/mol. The minimum atomic E-state index is -4.40. The molecule has 4 aliphatic carbocycles. The van der Waals surface area contributed by atoms with Crippen molar-refractivity contribution < 1.29 is 28.0 Å². The van der Waals surface area contributed by atoms with Crippen LogP contribution in [-0.2, 0) is 14.9 Å². The van der Waals surface area contributed by atoms with E-state index in [-0.39, 0.29) is 0 Å². The van der Waals surface area contributed by atoms with Crippen LogP contribution in [0.3, 0.4) is 0 Å². The lowest BCUT2D eigenvalue weighted by molar-refractivity contribution is -0.145. The third kappa shape index (κ3) is 14.9. The molecule has 4 saturated carbocycles. The van der Waals surface area contributed by atoms with E-state index in [2.05, 4.69) is 10.6 Å². The zero-order valence-corrected chi connectivity index (χ0v) is 23.0. The Morgan fingerprint density at radius 3 is 1.03 bits per heavy atom. The Hall–Kier alpha value is -0.740. The fourth-order valence-electron chi connectivity index (χ4n) is 6.01. The predicted octanol–water partition coefficient (Wildman–Crippen LogP) is 4.80. The first-order valence-corrected chi connectivity index (χ1v) is 16.2. The number of carbonyl (C=O) groups is 1. The van der Waals surface area contributed by atoms with Gasteiger partial charge in [0, 0.05) is 24.2 Å². The summed E-state index contributed by atoms with van der Waals surface area (Å²) < 4.78 is 27.7. The molecule has 0 aliphatic heterocycles. The number of aliphatic carboxylic acids is 1. The van der Waals surface area contributed by atoms with E-state index in [1.165, 1.54) is 128 Å². The molecule has 36 heavy (non-hydrogen) atoms. The number of nitrogens with one attached hydrogen (secondary N) is 2. The van der Waals surface area contributed by atoms with Crippen LogP contribution in [0, 0.1) is 0 Å². The summed E-state index contributed by atoms with van der Waals surface area (Å²) >= 11 is 0. The summed E-state index contributed by atoms with van der Waals surface area (Å²) in [5, 5.41) is 24.0. The van der Waals surface area contributed by atoms with E-state index >= 15 is 0 Å². The third-order valence-electron chi connectivity index (χ3n) is 8.02. The van der Waals surface area contributed by atoms with Crippen molar-refractivity contribution in [3.63, 3.8) is 0 Å². The smallest absolute Gasteiger partial charge is 0.333 e. The lowest BCUT2D eigenvalue weighted by Crippen LogP contribution is -2.40. The fourth-order valence-corrected chi connectivity index (χ4v) is 6.56. The van der Waals surface area contributed by atoms with Crippen LogP contribution in [-0.4, -0.2) is 65.2 Å². The van der Waals surface area contributed by atoms with E-state index in [1.807, 2.05) is 0 Å². The predicted molar refractivity (Wildman–Crippen MR) is 144 cm³/mol. The number of aliphatic hydroxyl groups is 1. The summed E-state index contributed by atoms with van der Waals surface area (Å²) in [5.74, 6) is -2.86. The van der Waals surface area contributed by atoms with Crippen LogP contribution in [0.4, 0.5) is 0 Å². The number of hydrogen-bond donors (Lipinski definition) is 5. The van der Waals surface area contributed by atoms with Gasteiger partial charge in [-0.2, -0.15) is 8.42 Å². The van der Waals surface area contributed by atoms with Crippen LogP contribution in [0.2, 0.25) is 0 Å². The highest BCUT2D eigenvalue weighted by Crippen LogP contribution is 2.23. The molecular weight excluding hydrogens is 480 g/mol. The van der Waals surface area contributed by atoms with Crippen molar-refractivity contribution in [1.29, 1.82) is 0 Å². The standard InChI is InChI=1S/2C12H23N.C3H6O6S/c2*1-3-7-11(8-4-1)13-12-9-5-2-6-10-12;4-2(3(5)6)1-10(7,8)9/h2*11-13H,1-10H2;2,4H,1H2,(H,5,6)(H,7,8,9). The van der Waals surface area contributed by atoms with Crippen molar-refractivity contribution in [2.75, 3.05) is 5.75 Å². The van der Waals surface area contributed by atoms with Crippen LogP contribution >= 0.6 is 0 Å². The minimum Gasteiger partial charge on any atom is -0.479 e. The van der Waals surface area contributed by atoms with Crippen molar-refractivity contribution in [1.82, 2.24) is 10.6 Å². The molecule has 0 heterocycles. The first-order chi connectivity index (χ1) is 17.2. The fraction of sp³-hybridized carbons (Fsp3) is 0.963. The Kier molecular flexibility index (Phi) is 15.5. The van der Waals surface area contributed by atoms with Crippen molar-refractivity contribution in [3.8, 4) is 0 Å². The maximum Gasteiger partial charge on any atom is 0.333 e. The lowest BCUT2D eigenvalue weighted by atomic mass is 9.91. The van der Waals surface area contributed by atoms with Crippen LogP contribution in [0.1, 0.15) is 128 Å². The van der Waals surface area contributed by atoms with Gasteiger partial charge in [-0.1, -0.05) is 77.0 Å². The molecule has 0 aromatic rings. The van der Waals surface area contributed by atoms with Crippen molar-refractivity contribution >= 4 is 16.1 Å². The molecule has 4 aliphatic rings. The Bertz CT molecular complexity index is 614. The molecule has 8 nitrogen and oxygen atoms in total. The molecular formula is C27H52N2O6S. The molecule has 1 unspecified atom stereocenters. The molecule has 0 radical (unpaired) electrons. The molecule has 1 atom stereocenters. The van der Waals surface area contributed by atoms with Gasteiger partial charge in [-0.05, 0) is 51.4 Å². The van der Waals surface area contributed by atoms with Gasteiger partial charge >= 0.3 is 5.97 Å². The summed E-state index contributed by atoms with van der Waals surface area (Å²) in [6, 6.07) is 3.49. The highest BCUT2D eigenvalue weighted by atomic mass is 32.2. The van der Waals surface area contributed by atoms with Gasteiger partial charge in [0.1, 0.15) is 5.75 Å². The van der Waals surface area contributed by atoms with Gasteiger partial charge in [0.2, 0.25) is 0 Å². The second-order valence-corrected chi connectivity index (χ2v) is 12.8. The quantitative estimate of drug-likeness (QED) is 0.295. The van der Waals surface area contributed by atoms with Gasteiger partial charge in [-0.15, -0.1) is 0 Å². The average Bonchev–Trinajstić information content (AvgIpc) is 2.86. The van der Waals surface area contributed by atoms with Crippen LogP contribution in [0.5, 0.6) is 0 Å². The van der Waals surface area contributed by atoms with E-state index < -0.39 is 27.9 Å². The molecule has 0 bridgehead atoms. The Labute approximate surface area is 219 Å². The minimum absolute atomic E-state index is 0.872. The maximum absolute atomic E-state index is 9.88. The number of hydrogen-bond acceptors (Lipinski definition) is 6. The van der Waals surface area contributed by atoms with E-state index in [0.717, 1.165) is 24.2 Å². The summed E-state index contributed by atoms with van der Waals surface area (Å²) in [7, 11) is -4.40. The highest BCUT2D eigenvalue weighted by molar-refractivity contribution is 7.85.